The lowest BCUT2D eigenvalue weighted by Gasteiger charge is -2.12. The molecule has 186 valence electrons. The zero-order valence-corrected chi connectivity index (χ0v) is 20.6. The number of benzene rings is 2. The van der Waals surface area contributed by atoms with Gasteiger partial charge in [0.15, 0.2) is 5.78 Å². The molecule has 1 aliphatic carbocycles. The van der Waals surface area contributed by atoms with Crippen molar-refractivity contribution in [3.8, 4) is 22.6 Å². The summed E-state index contributed by atoms with van der Waals surface area (Å²) in [6, 6.07) is 11.5. The van der Waals surface area contributed by atoms with Crippen LogP contribution in [-0.4, -0.2) is 82.7 Å². The monoisotopic (exact) mass is 472 g/mol. The Hall–Kier alpha value is -2.45. The summed E-state index contributed by atoms with van der Waals surface area (Å²) in [6.07, 6.45) is 3.94. The van der Waals surface area contributed by atoms with Crippen LogP contribution in [0.3, 0.4) is 0 Å². The molecule has 0 amide bonds. The minimum Gasteiger partial charge on any atom is -0.494 e. The van der Waals surface area contributed by atoms with Gasteiger partial charge in [-0.25, -0.2) is 0 Å². The van der Waals surface area contributed by atoms with Gasteiger partial charge in [0.1, 0.15) is 24.6 Å². The van der Waals surface area contributed by atoms with Gasteiger partial charge < -0.3 is 29.5 Å². The highest BCUT2D eigenvalue weighted by Gasteiger charge is 2.27. The fourth-order valence-electron chi connectivity index (χ4n) is 4.29. The molecule has 0 saturated carbocycles. The molecule has 2 atom stereocenters. The number of carbonyl (C=O) groups is 1. The Kier molecular flexibility index (Phi) is 10.3. The summed E-state index contributed by atoms with van der Waals surface area (Å²) in [6.45, 7) is 5.21. The topological polar surface area (TPSA) is 84.9 Å². The van der Waals surface area contributed by atoms with Crippen LogP contribution in [0.4, 0.5) is 0 Å². The molecule has 0 radical (unpaired) electrons. The summed E-state index contributed by atoms with van der Waals surface area (Å²) in [4.78, 5) is 15.7. The van der Waals surface area contributed by atoms with Gasteiger partial charge in [0.25, 0.3) is 0 Å². The number of aliphatic hydroxyl groups excluding tert-OH is 2. The van der Waals surface area contributed by atoms with Crippen molar-refractivity contribution in [1.82, 2.24) is 0 Å². The molecule has 2 unspecified atom stereocenters. The molecule has 0 aliphatic heterocycles. The maximum atomic E-state index is 13.1. The van der Waals surface area contributed by atoms with Crippen molar-refractivity contribution in [2.75, 3.05) is 66.7 Å². The highest BCUT2D eigenvalue weighted by atomic mass is 16.5. The van der Waals surface area contributed by atoms with Gasteiger partial charge in [0, 0.05) is 11.1 Å². The molecule has 0 fully saturated rings. The highest BCUT2D eigenvalue weighted by molar-refractivity contribution is 6.22. The molecule has 4 N–H and O–H groups in total. The molecule has 7 nitrogen and oxygen atoms in total. The molecule has 0 heterocycles. The van der Waals surface area contributed by atoms with Gasteiger partial charge in [-0.1, -0.05) is 0 Å². The first-order valence-corrected chi connectivity index (χ1v) is 12.5. The van der Waals surface area contributed by atoms with E-state index < -0.39 is 0 Å². The second-order valence-electron chi connectivity index (χ2n) is 9.22. The standard InChI is InChI=1S/C27H38N2O5/c1-28(13-15-30)11-3-5-17-33-21-7-9-23-24-10-8-22(20-26(24)27(32)25(23)19-21)34-18-6-4-12-29(2)14-16-31/h7-10,19-20,30-31H,3-6,11-18H2,1-2H3/p+2. The van der Waals surface area contributed by atoms with Crippen molar-refractivity contribution in [3.05, 3.63) is 47.5 Å². The van der Waals surface area contributed by atoms with Crippen LogP contribution >= 0.6 is 0 Å². The Morgan fingerprint density at radius 2 is 1.09 bits per heavy atom. The van der Waals surface area contributed by atoms with Crippen LogP contribution in [0.2, 0.25) is 0 Å². The zero-order valence-electron chi connectivity index (χ0n) is 20.6. The van der Waals surface area contributed by atoms with Gasteiger partial charge in [-0.15, -0.1) is 0 Å². The van der Waals surface area contributed by atoms with Gasteiger partial charge in [-0.3, -0.25) is 4.79 Å². The number of aliphatic hydroxyl groups is 2. The Morgan fingerprint density at radius 1 is 0.647 bits per heavy atom. The number of nitrogens with one attached hydrogen (secondary N) is 2. The summed E-state index contributed by atoms with van der Waals surface area (Å²) in [7, 11) is 4.16. The summed E-state index contributed by atoms with van der Waals surface area (Å²) in [5.74, 6) is 1.46. The van der Waals surface area contributed by atoms with Gasteiger partial charge >= 0.3 is 0 Å². The second-order valence-corrected chi connectivity index (χ2v) is 9.22. The summed E-state index contributed by atoms with van der Waals surface area (Å²) < 4.78 is 11.8. The molecule has 1 aliphatic rings. The Balaban J connectivity index is 1.49. The summed E-state index contributed by atoms with van der Waals surface area (Å²) >= 11 is 0. The first-order valence-electron chi connectivity index (χ1n) is 12.5. The SMILES string of the molecule is C[NH+](CCO)CCCCOc1ccc2c(c1)C(=O)c1cc(OCCCC[NH+](C)CCO)ccc1-2. The lowest BCUT2D eigenvalue weighted by Crippen LogP contribution is -3.09. The minimum absolute atomic E-state index is 0.0179. The van der Waals surface area contributed by atoms with Crippen LogP contribution in [0.5, 0.6) is 11.5 Å². The van der Waals surface area contributed by atoms with E-state index in [-0.39, 0.29) is 19.0 Å². The van der Waals surface area contributed by atoms with Crippen LogP contribution < -0.4 is 19.3 Å². The smallest absolute Gasteiger partial charge is 0.194 e. The van der Waals surface area contributed by atoms with E-state index >= 15 is 0 Å². The van der Waals surface area contributed by atoms with E-state index in [1.54, 1.807) is 0 Å². The number of quaternary nitrogens is 2. The number of rotatable bonds is 16. The molecule has 34 heavy (non-hydrogen) atoms. The van der Waals surface area contributed by atoms with Crippen molar-refractivity contribution < 1.29 is 34.3 Å². The van der Waals surface area contributed by atoms with E-state index in [1.165, 1.54) is 9.80 Å². The molecule has 3 rings (SSSR count). The number of likely N-dealkylation sites (N-methyl/N-ethyl adjacent to an activating group) is 2. The number of carbonyl (C=O) groups excluding carboxylic acids is 1. The molecular formula is C27H40N2O5+2. The molecule has 2 aromatic carbocycles. The minimum atomic E-state index is 0.0179. The molecule has 0 aromatic heterocycles. The Labute approximate surface area is 202 Å². The van der Waals surface area contributed by atoms with E-state index in [1.807, 2.05) is 36.4 Å². The molecule has 0 bridgehead atoms. The van der Waals surface area contributed by atoms with E-state index in [0.29, 0.717) is 24.3 Å². The fourth-order valence-corrected chi connectivity index (χ4v) is 4.29. The van der Waals surface area contributed by atoms with Crippen LogP contribution in [0.25, 0.3) is 11.1 Å². The van der Waals surface area contributed by atoms with Crippen LogP contribution in [0.15, 0.2) is 36.4 Å². The zero-order chi connectivity index (χ0) is 24.3. The number of ether oxygens (including phenoxy) is 2. The second kappa shape index (κ2) is 13.4. The quantitative estimate of drug-likeness (QED) is 0.224. The third-order valence-electron chi connectivity index (χ3n) is 6.37. The predicted molar refractivity (Wildman–Crippen MR) is 132 cm³/mol. The maximum absolute atomic E-state index is 13.1. The van der Waals surface area contributed by atoms with Crippen molar-refractivity contribution >= 4 is 5.78 Å². The number of hydrogen-bond acceptors (Lipinski definition) is 5. The number of hydrogen-bond donors (Lipinski definition) is 4. The normalized spacial score (nSPS) is 13.9. The van der Waals surface area contributed by atoms with Crippen molar-refractivity contribution in [3.63, 3.8) is 0 Å². The first-order chi connectivity index (χ1) is 16.5. The third-order valence-corrected chi connectivity index (χ3v) is 6.37. The molecule has 0 spiro atoms. The van der Waals surface area contributed by atoms with Gasteiger partial charge in [0.05, 0.1) is 53.6 Å². The van der Waals surface area contributed by atoms with E-state index in [4.69, 9.17) is 19.7 Å². The maximum Gasteiger partial charge on any atom is 0.194 e. The van der Waals surface area contributed by atoms with E-state index in [9.17, 15) is 4.79 Å². The Morgan fingerprint density at radius 3 is 1.50 bits per heavy atom. The van der Waals surface area contributed by atoms with E-state index in [2.05, 4.69) is 14.1 Å². The van der Waals surface area contributed by atoms with Gasteiger partial charge in [-0.05, 0) is 73.2 Å². The first kappa shape index (κ1) is 26.2. The van der Waals surface area contributed by atoms with Crippen molar-refractivity contribution in [1.29, 1.82) is 0 Å². The van der Waals surface area contributed by atoms with Gasteiger partial charge in [-0.2, -0.15) is 0 Å². The lowest BCUT2D eigenvalue weighted by atomic mass is 10.1. The number of unbranched alkanes of at least 4 members (excludes halogenated alkanes) is 2. The Bertz CT molecular complexity index is 860. The predicted octanol–water partition coefficient (Wildman–Crippen LogP) is 0.230. The van der Waals surface area contributed by atoms with Crippen molar-refractivity contribution in [2.24, 2.45) is 0 Å². The summed E-state index contributed by atoms with van der Waals surface area (Å²) in [5.41, 5.74) is 3.27. The molecule has 7 heteroatoms. The fraction of sp³-hybridized carbons (Fsp3) is 0.519. The summed E-state index contributed by atoms with van der Waals surface area (Å²) in [5, 5.41) is 17.9. The van der Waals surface area contributed by atoms with Crippen LogP contribution in [0.1, 0.15) is 41.6 Å². The lowest BCUT2D eigenvalue weighted by molar-refractivity contribution is -0.880. The number of ketones is 1. The third kappa shape index (κ3) is 7.27. The highest BCUT2D eigenvalue weighted by Crippen LogP contribution is 2.39. The molecule has 2 aromatic rings. The van der Waals surface area contributed by atoms with Gasteiger partial charge in [0.2, 0.25) is 0 Å². The average Bonchev–Trinajstić information content (AvgIpc) is 3.10. The molecule has 0 saturated heterocycles. The van der Waals surface area contributed by atoms with Crippen molar-refractivity contribution in [2.45, 2.75) is 25.7 Å². The van der Waals surface area contributed by atoms with E-state index in [0.717, 1.165) is 74.5 Å². The van der Waals surface area contributed by atoms with Crippen LogP contribution in [0, 0.1) is 0 Å². The largest absolute Gasteiger partial charge is 0.494 e. The number of fused-ring (bicyclic) bond motifs is 3. The molecular weight excluding hydrogens is 432 g/mol. The average molecular weight is 473 g/mol. The van der Waals surface area contributed by atoms with Crippen LogP contribution in [-0.2, 0) is 0 Å².